The van der Waals surface area contributed by atoms with Gasteiger partial charge in [0.15, 0.2) is 0 Å². The molecule has 0 amide bonds. The van der Waals surface area contributed by atoms with Gasteiger partial charge in [0.2, 0.25) is 0 Å². The highest BCUT2D eigenvalue weighted by Gasteiger charge is 2.37. The first-order valence-corrected chi connectivity index (χ1v) is 12.5. The Morgan fingerprint density at radius 3 is 2.54 bits per heavy atom. The predicted octanol–water partition coefficient (Wildman–Crippen LogP) is 3.80. The molecule has 0 saturated heterocycles. The summed E-state index contributed by atoms with van der Waals surface area (Å²) < 4.78 is 66.4. The second-order valence-electron chi connectivity index (χ2n) is 9.40. The third kappa shape index (κ3) is 6.16. The van der Waals surface area contributed by atoms with Crippen LogP contribution in [-0.4, -0.2) is 48.2 Å². The molecular formula is C23H29F2N3O6S. The molecule has 12 heteroatoms. The number of hydrogen-bond donors (Lipinski definition) is 0. The molecule has 0 saturated carbocycles. The summed E-state index contributed by atoms with van der Waals surface area (Å²) in [5.74, 6) is -0.326. The van der Waals surface area contributed by atoms with Gasteiger partial charge in [-0.15, -0.1) is 0 Å². The number of ketones is 1. The molecule has 2 heterocycles. The molecule has 1 aromatic heterocycles. The maximum Gasteiger partial charge on any atom is 0.333 e. The predicted molar refractivity (Wildman–Crippen MR) is 123 cm³/mol. The van der Waals surface area contributed by atoms with Gasteiger partial charge >= 0.3 is 12.5 Å². The zero-order valence-corrected chi connectivity index (χ0v) is 21.1. The number of rotatable bonds is 8. The van der Waals surface area contributed by atoms with E-state index in [2.05, 4.69) is 5.10 Å². The van der Waals surface area contributed by atoms with Gasteiger partial charge in [-0.05, 0) is 58.7 Å². The summed E-state index contributed by atoms with van der Waals surface area (Å²) >= 11 is 0. The highest BCUT2D eigenvalue weighted by Crippen LogP contribution is 2.39. The molecule has 1 atom stereocenters. The fourth-order valence-corrected chi connectivity index (χ4v) is 5.38. The SMILES string of the molecule is CC(=O)CC[C@H]1CN(S(=O)(=O)c2cnn(C(F)F)c2C)c2cc(CC(=O)OC(C)(C)C)ccc2O1. The normalized spacial score (nSPS) is 16.1. The van der Waals surface area contributed by atoms with Crippen LogP contribution in [0.4, 0.5) is 14.5 Å². The molecule has 0 radical (unpaired) electrons. The lowest BCUT2D eigenvalue weighted by Gasteiger charge is -2.35. The van der Waals surface area contributed by atoms with Crippen molar-refractivity contribution in [2.24, 2.45) is 0 Å². The Hall–Kier alpha value is -3.02. The summed E-state index contributed by atoms with van der Waals surface area (Å²) in [5, 5.41) is 3.53. The third-order valence-corrected chi connectivity index (χ3v) is 7.18. The minimum Gasteiger partial charge on any atom is -0.486 e. The van der Waals surface area contributed by atoms with Crippen molar-refractivity contribution in [3.63, 3.8) is 0 Å². The summed E-state index contributed by atoms with van der Waals surface area (Å²) in [6.45, 7) is 4.75. The number of sulfonamides is 1. The molecule has 0 bridgehead atoms. The van der Waals surface area contributed by atoms with Gasteiger partial charge in [-0.3, -0.25) is 9.10 Å². The van der Waals surface area contributed by atoms with E-state index in [1.807, 2.05) is 0 Å². The van der Waals surface area contributed by atoms with Crippen LogP contribution in [0.25, 0.3) is 0 Å². The van der Waals surface area contributed by atoms with E-state index in [1.165, 1.54) is 19.9 Å². The van der Waals surface area contributed by atoms with Crippen molar-refractivity contribution in [3.8, 4) is 5.75 Å². The Morgan fingerprint density at radius 1 is 1.29 bits per heavy atom. The van der Waals surface area contributed by atoms with Gasteiger partial charge in [-0.25, -0.2) is 13.1 Å². The molecule has 9 nitrogen and oxygen atoms in total. The van der Waals surface area contributed by atoms with Crippen molar-refractivity contribution in [3.05, 3.63) is 35.7 Å². The van der Waals surface area contributed by atoms with Gasteiger partial charge in [0, 0.05) is 6.42 Å². The number of nitrogens with zero attached hydrogens (tertiary/aromatic N) is 3. The van der Waals surface area contributed by atoms with Crippen LogP contribution in [0.2, 0.25) is 0 Å². The van der Waals surface area contributed by atoms with Gasteiger partial charge in [0.05, 0.1) is 30.5 Å². The van der Waals surface area contributed by atoms with Crippen molar-refractivity contribution in [1.82, 2.24) is 9.78 Å². The average Bonchev–Trinajstić information content (AvgIpc) is 3.12. The highest BCUT2D eigenvalue weighted by atomic mass is 32.2. The van der Waals surface area contributed by atoms with Gasteiger partial charge in [-0.2, -0.15) is 13.9 Å². The molecule has 35 heavy (non-hydrogen) atoms. The molecule has 1 aliphatic rings. The molecule has 2 aromatic rings. The summed E-state index contributed by atoms with van der Waals surface area (Å²) in [7, 11) is -4.33. The lowest BCUT2D eigenvalue weighted by Crippen LogP contribution is -2.44. The molecule has 192 valence electrons. The van der Waals surface area contributed by atoms with E-state index < -0.39 is 34.2 Å². The third-order valence-electron chi connectivity index (χ3n) is 5.29. The first kappa shape index (κ1) is 26.6. The van der Waals surface area contributed by atoms with E-state index in [0.29, 0.717) is 10.2 Å². The maximum absolute atomic E-state index is 13.6. The lowest BCUT2D eigenvalue weighted by atomic mass is 10.1. The Labute approximate surface area is 203 Å². The van der Waals surface area contributed by atoms with Crippen LogP contribution < -0.4 is 9.04 Å². The second-order valence-corrected chi connectivity index (χ2v) is 11.2. The number of alkyl halides is 2. The van der Waals surface area contributed by atoms with E-state index >= 15 is 0 Å². The number of hydrogen-bond acceptors (Lipinski definition) is 7. The molecule has 0 spiro atoms. The fourth-order valence-electron chi connectivity index (χ4n) is 3.73. The van der Waals surface area contributed by atoms with Gasteiger partial charge < -0.3 is 14.3 Å². The Balaban J connectivity index is 2.02. The lowest BCUT2D eigenvalue weighted by molar-refractivity contribution is -0.153. The van der Waals surface area contributed by atoms with Crippen molar-refractivity contribution >= 4 is 27.5 Å². The maximum atomic E-state index is 13.6. The van der Waals surface area contributed by atoms with E-state index in [4.69, 9.17) is 9.47 Å². The Bertz CT molecular complexity index is 1220. The van der Waals surface area contributed by atoms with Crippen LogP contribution in [-0.2, 0) is 30.8 Å². The summed E-state index contributed by atoms with van der Waals surface area (Å²) in [4.78, 5) is 23.4. The van der Waals surface area contributed by atoms with Gasteiger partial charge in [-0.1, -0.05) is 6.07 Å². The van der Waals surface area contributed by atoms with Crippen molar-refractivity contribution < 1.29 is 36.3 Å². The van der Waals surface area contributed by atoms with Crippen LogP contribution >= 0.6 is 0 Å². The number of halogens is 2. The summed E-state index contributed by atoms with van der Waals surface area (Å²) in [6, 6.07) is 4.68. The van der Waals surface area contributed by atoms with E-state index in [-0.39, 0.29) is 53.6 Å². The number of ether oxygens (including phenoxy) is 2. The number of fused-ring (bicyclic) bond motifs is 1. The van der Waals surface area contributed by atoms with Crippen LogP contribution in [0.3, 0.4) is 0 Å². The first-order chi connectivity index (χ1) is 16.2. The second kappa shape index (κ2) is 9.92. The number of aromatic nitrogens is 2. The Kier molecular flexibility index (Phi) is 7.53. The minimum absolute atomic E-state index is 0.0735. The summed E-state index contributed by atoms with van der Waals surface area (Å²) in [5.41, 5.74) is -0.243. The number of carbonyl (C=O) groups excluding carboxylic acids is 2. The molecule has 0 N–H and O–H groups in total. The number of esters is 1. The van der Waals surface area contributed by atoms with Crippen molar-refractivity contribution in [1.29, 1.82) is 0 Å². The van der Waals surface area contributed by atoms with Gasteiger partial charge in [0.1, 0.15) is 28.1 Å². The highest BCUT2D eigenvalue weighted by molar-refractivity contribution is 7.92. The van der Waals surface area contributed by atoms with E-state index in [1.54, 1.807) is 32.9 Å². The standard InChI is InChI=1S/C23H29F2N3O6S/c1-14(29)6-8-17-13-27(35(31,32)20-12-26-28(15(20)2)22(24)25)18-10-16(7-9-19(18)33-17)11-21(30)34-23(3,4)5/h7,9-10,12,17,22H,6,8,11,13H2,1-5H3/t17-/m0/s1. The fraction of sp³-hybridized carbons (Fsp3) is 0.522. The van der Waals surface area contributed by atoms with Crippen LogP contribution in [0.15, 0.2) is 29.3 Å². The van der Waals surface area contributed by atoms with Crippen LogP contribution in [0, 0.1) is 6.92 Å². The monoisotopic (exact) mass is 513 g/mol. The molecule has 3 rings (SSSR count). The number of carbonyl (C=O) groups is 2. The molecule has 1 aromatic carbocycles. The van der Waals surface area contributed by atoms with Crippen molar-refractivity contribution in [2.45, 2.75) is 77.0 Å². The Morgan fingerprint density at radius 2 is 1.97 bits per heavy atom. The molecule has 0 fully saturated rings. The number of Topliss-reactive ketones (excluding diaryl/α,β-unsaturated/α-hetero) is 1. The number of benzene rings is 1. The van der Waals surface area contributed by atoms with Crippen LogP contribution in [0.5, 0.6) is 5.75 Å². The van der Waals surface area contributed by atoms with E-state index in [0.717, 1.165) is 10.5 Å². The molecule has 0 unspecified atom stereocenters. The quantitative estimate of drug-likeness (QED) is 0.494. The summed E-state index contributed by atoms with van der Waals surface area (Å²) in [6.07, 6.45) is 0.613. The first-order valence-electron chi connectivity index (χ1n) is 11.0. The zero-order chi connectivity index (χ0) is 26.1. The van der Waals surface area contributed by atoms with E-state index in [9.17, 15) is 26.8 Å². The molecule has 0 aliphatic carbocycles. The molecular weight excluding hydrogens is 484 g/mol. The topological polar surface area (TPSA) is 108 Å². The van der Waals surface area contributed by atoms with Crippen molar-refractivity contribution in [2.75, 3.05) is 10.8 Å². The smallest absolute Gasteiger partial charge is 0.333 e. The van der Waals surface area contributed by atoms with Gasteiger partial charge in [0.25, 0.3) is 10.0 Å². The average molecular weight is 514 g/mol. The molecule has 1 aliphatic heterocycles. The minimum atomic E-state index is -4.33. The number of anilines is 1. The zero-order valence-electron chi connectivity index (χ0n) is 20.2. The largest absolute Gasteiger partial charge is 0.486 e. The van der Waals surface area contributed by atoms with Crippen LogP contribution in [0.1, 0.15) is 58.3 Å².